The third-order valence-electron chi connectivity index (χ3n) is 5.11. The monoisotopic (exact) mass is 373 g/mol. The van der Waals surface area contributed by atoms with Crippen molar-refractivity contribution >= 4 is 12.0 Å². The highest BCUT2D eigenvalue weighted by atomic mass is 16.5. The summed E-state index contributed by atoms with van der Waals surface area (Å²) < 4.78 is 10.3. The summed E-state index contributed by atoms with van der Waals surface area (Å²) in [7, 11) is 2.94. The fraction of sp³-hybridized carbons (Fsp3) is 0.500. The number of nitrogens with one attached hydrogen (secondary N) is 2. The Balaban J connectivity index is 1.97. The number of hydrogen-bond acceptors (Lipinski definition) is 5. The van der Waals surface area contributed by atoms with Gasteiger partial charge in [-0.05, 0) is 43.0 Å². The molecule has 1 saturated heterocycles. The molecule has 146 valence electrons. The Morgan fingerprint density at radius 1 is 1.33 bits per heavy atom. The van der Waals surface area contributed by atoms with Crippen molar-refractivity contribution in [3.63, 3.8) is 0 Å². The van der Waals surface area contributed by atoms with E-state index in [1.165, 1.54) is 13.5 Å². The van der Waals surface area contributed by atoms with Crippen molar-refractivity contribution in [2.75, 3.05) is 33.9 Å². The van der Waals surface area contributed by atoms with Gasteiger partial charge in [0.15, 0.2) is 0 Å². The SMILES string of the molecule is COC(=O)C1=C(CN2CCCC(C)C2)NC(=O)NC1c1cccc(OC)c1. The van der Waals surface area contributed by atoms with Crippen LogP contribution < -0.4 is 15.4 Å². The van der Waals surface area contributed by atoms with Gasteiger partial charge in [-0.25, -0.2) is 9.59 Å². The van der Waals surface area contributed by atoms with Gasteiger partial charge in [-0.1, -0.05) is 19.1 Å². The van der Waals surface area contributed by atoms with E-state index in [9.17, 15) is 9.59 Å². The Hall–Kier alpha value is -2.54. The Morgan fingerprint density at radius 2 is 2.15 bits per heavy atom. The maximum atomic E-state index is 12.6. The molecule has 2 aliphatic rings. The molecular formula is C20H27N3O4. The molecule has 2 unspecified atom stereocenters. The van der Waals surface area contributed by atoms with Gasteiger partial charge in [0.2, 0.25) is 0 Å². The highest BCUT2D eigenvalue weighted by molar-refractivity contribution is 5.95. The number of hydrogen-bond donors (Lipinski definition) is 2. The molecule has 2 N–H and O–H groups in total. The predicted molar refractivity (Wildman–Crippen MR) is 101 cm³/mol. The smallest absolute Gasteiger partial charge is 0.338 e. The summed E-state index contributed by atoms with van der Waals surface area (Å²) in [5.41, 5.74) is 1.81. The summed E-state index contributed by atoms with van der Waals surface area (Å²) in [6.45, 7) is 4.64. The lowest BCUT2D eigenvalue weighted by atomic mass is 9.94. The van der Waals surface area contributed by atoms with E-state index >= 15 is 0 Å². The second-order valence-electron chi connectivity index (χ2n) is 7.17. The molecule has 0 bridgehead atoms. The fourth-order valence-corrected chi connectivity index (χ4v) is 3.82. The molecule has 7 nitrogen and oxygen atoms in total. The van der Waals surface area contributed by atoms with E-state index in [0.29, 0.717) is 29.5 Å². The van der Waals surface area contributed by atoms with Crippen molar-refractivity contribution < 1.29 is 19.1 Å². The molecule has 27 heavy (non-hydrogen) atoms. The number of rotatable bonds is 5. The third kappa shape index (κ3) is 4.42. The van der Waals surface area contributed by atoms with Gasteiger partial charge in [0.1, 0.15) is 5.75 Å². The number of piperidine rings is 1. The van der Waals surface area contributed by atoms with E-state index in [1.54, 1.807) is 7.11 Å². The molecule has 2 heterocycles. The average molecular weight is 373 g/mol. The number of urea groups is 1. The minimum absolute atomic E-state index is 0.324. The Bertz CT molecular complexity index is 746. The molecule has 0 radical (unpaired) electrons. The number of ether oxygens (including phenoxy) is 2. The van der Waals surface area contributed by atoms with Crippen LogP contribution in [0.5, 0.6) is 5.75 Å². The van der Waals surface area contributed by atoms with Gasteiger partial charge in [0.25, 0.3) is 0 Å². The Kier molecular flexibility index (Phi) is 6.01. The largest absolute Gasteiger partial charge is 0.497 e. The Morgan fingerprint density at radius 3 is 2.85 bits per heavy atom. The zero-order valence-electron chi connectivity index (χ0n) is 16.1. The summed E-state index contributed by atoms with van der Waals surface area (Å²) in [5, 5.41) is 5.67. The minimum atomic E-state index is -0.585. The highest BCUT2D eigenvalue weighted by Gasteiger charge is 2.34. The first-order chi connectivity index (χ1) is 13.0. The average Bonchev–Trinajstić information content (AvgIpc) is 2.67. The quantitative estimate of drug-likeness (QED) is 0.774. The standard InChI is InChI=1S/C20H27N3O4/c1-13-6-5-9-23(11-13)12-16-17(19(24)27-3)18(22-20(25)21-16)14-7-4-8-15(10-14)26-2/h4,7-8,10,13,18H,5-6,9,11-12H2,1-3H3,(H2,21,22,25). The maximum absolute atomic E-state index is 12.6. The first-order valence-corrected chi connectivity index (χ1v) is 9.27. The first-order valence-electron chi connectivity index (χ1n) is 9.27. The number of esters is 1. The lowest BCUT2D eigenvalue weighted by Crippen LogP contribution is -2.49. The van der Waals surface area contributed by atoms with Crippen LogP contribution in [0.4, 0.5) is 4.79 Å². The number of methoxy groups -OCH3 is 2. The first kappa shape index (κ1) is 19.2. The number of carbonyl (C=O) groups excluding carboxylic acids is 2. The van der Waals surface area contributed by atoms with Crippen LogP contribution >= 0.6 is 0 Å². The molecule has 0 aliphatic carbocycles. The van der Waals surface area contributed by atoms with E-state index in [1.807, 2.05) is 24.3 Å². The molecule has 0 aromatic heterocycles. The number of amides is 2. The van der Waals surface area contributed by atoms with Gasteiger partial charge in [0, 0.05) is 18.8 Å². The van der Waals surface area contributed by atoms with Gasteiger partial charge in [-0.2, -0.15) is 0 Å². The molecule has 0 spiro atoms. The molecule has 2 aliphatic heterocycles. The van der Waals surface area contributed by atoms with Crippen molar-refractivity contribution in [3.8, 4) is 5.75 Å². The van der Waals surface area contributed by atoms with Gasteiger partial charge in [0.05, 0.1) is 25.8 Å². The molecular weight excluding hydrogens is 346 g/mol. The van der Waals surface area contributed by atoms with Crippen molar-refractivity contribution in [1.29, 1.82) is 0 Å². The molecule has 7 heteroatoms. The topological polar surface area (TPSA) is 79.9 Å². The maximum Gasteiger partial charge on any atom is 0.338 e. The molecule has 1 aromatic rings. The van der Waals surface area contributed by atoms with Crippen LogP contribution in [0, 0.1) is 5.92 Å². The minimum Gasteiger partial charge on any atom is -0.497 e. The van der Waals surface area contributed by atoms with Crippen LogP contribution in [0.15, 0.2) is 35.5 Å². The van der Waals surface area contributed by atoms with Crippen LogP contribution in [0.1, 0.15) is 31.4 Å². The van der Waals surface area contributed by atoms with Crippen LogP contribution in [0.3, 0.4) is 0 Å². The van der Waals surface area contributed by atoms with Crippen molar-refractivity contribution in [1.82, 2.24) is 15.5 Å². The lowest BCUT2D eigenvalue weighted by molar-refractivity contribution is -0.136. The van der Waals surface area contributed by atoms with Crippen LogP contribution in [-0.4, -0.2) is 50.8 Å². The van der Waals surface area contributed by atoms with Crippen molar-refractivity contribution in [3.05, 3.63) is 41.1 Å². The van der Waals surface area contributed by atoms with Gasteiger partial charge in [-0.3, -0.25) is 4.90 Å². The van der Waals surface area contributed by atoms with Gasteiger partial charge in [-0.15, -0.1) is 0 Å². The molecule has 1 aromatic carbocycles. The molecule has 2 atom stereocenters. The van der Waals surface area contributed by atoms with E-state index in [2.05, 4.69) is 22.5 Å². The van der Waals surface area contributed by atoms with Gasteiger partial charge < -0.3 is 20.1 Å². The second-order valence-corrected chi connectivity index (χ2v) is 7.17. The summed E-state index contributed by atoms with van der Waals surface area (Å²) in [6.07, 6.45) is 2.33. The summed E-state index contributed by atoms with van der Waals surface area (Å²) in [6, 6.07) is 6.43. The van der Waals surface area contributed by atoms with E-state index in [0.717, 1.165) is 25.1 Å². The lowest BCUT2D eigenvalue weighted by Gasteiger charge is -2.35. The summed E-state index contributed by atoms with van der Waals surface area (Å²) in [4.78, 5) is 27.2. The highest BCUT2D eigenvalue weighted by Crippen LogP contribution is 2.30. The van der Waals surface area contributed by atoms with Crippen molar-refractivity contribution in [2.24, 2.45) is 5.92 Å². The molecule has 2 amide bonds. The van der Waals surface area contributed by atoms with E-state index in [-0.39, 0.29) is 6.03 Å². The van der Waals surface area contributed by atoms with Crippen molar-refractivity contribution in [2.45, 2.75) is 25.8 Å². The van der Waals surface area contributed by atoms with Crippen LogP contribution in [0.25, 0.3) is 0 Å². The van der Waals surface area contributed by atoms with E-state index in [4.69, 9.17) is 9.47 Å². The van der Waals surface area contributed by atoms with Crippen LogP contribution in [0.2, 0.25) is 0 Å². The number of carbonyl (C=O) groups is 2. The number of benzene rings is 1. The fourth-order valence-electron chi connectivity index (χ4n) is 3.82. The summed E-state index contributed by atoms with van der Waals surface area (Å²) in [5.74, 6) is 0.818. The zero-order valence-corrected chi connectivity index (χ0v) is 16.1. The number of nitrogens with zero attached hydrogens (tertiary/aromatic N) is 1. The summed E-state index contributed by atoms with van der Waals surface area (Å²) >= 11 is 0. The zero-order chi connectivity index (χ0) is 19.4. The molecule has 0 saturated carbocycles. The second kappa shape index (κ2) is 8.43. The van der Waals surface area contributed by atoms with Gasteiger partial charge >= 0.3 is 12.0 Å². The third-order valence-corrected chi connectivity index (χ3v) is 5.11. The predicted octanol–water partition coefficient (Wildman–Crippen LogP) is 2.21. The molecule has 1 fully saturated rings. The van der Waals surface area contributed by atoms with Crippen LogP contribution in [-0.2, 0) is 9.53 Å². The number of likely N-dealkylation sites (tertiary alicyclic amines) is 1. The molecule has 3 rings (SSSR count). The van der Waals surface area contributed by atoms with E-state index < -0.39 is 12.0 Å². The Labute approximate surface area is 159 Å². The normalized spacial score (nSPS) is 23.4.